The third kappa shape index (κ3) is 1.90. The van der Waals surface area contributed by atoms with Crippen molar-refractivity contribution in [1.29, 1.82) is 0 Å². The molecule has 3 heterocycles. The molecule has 7 heteroatoms. The Hall–Kier alpha value is -2.67. The highest BCUT2D eigenvalue weighted by atomic mass is 32.2. The van der Waals surface area contributed by atoms with E-state index >= 15 is 0 Å². The molecule has 0 saturated carbocycles. The first-order valence-electron chi connectivity index (χ1n) is 6.28. The lowest BCUT2D eigenvalue weighted by Gasteiger charge is -1.98. The summed E-state index contributed by atoms with van der Waals surface area (Å²) in [5.41, 5.74) is 3.27. The van der Waals surface area contributed by atoms with Gasteiger partial charge in [-0.25, -0.2) is 13.4 Å². The van der Waals surface area contributed by atoms with Gasteiger partial charge in [0.05, 0.1) is 16.6 Å². The molecule has 0 spiro atoms. The molecule has 6 nitrogen and oxygen atoms in total. The van der Waals surface area contributed by atoms with Gasteiger partial charge in [-0.2, -0.15) is 5.10 Å². The van der Waals surface area contributed by atoms with Crippen LogP contribution in [0.25, 0.3) is 33.2 Å². The number of nitrogens with zero attached hydrogens (tertiary/aromatic N) is 2. The highest BCUT2D eigenvalue weighted by Crippen LogP contribution is 2.27. The van der Waals surface area contributed by atoms with E-state index in [1.807, 2.05) is 12.1 Å². The number of aromatic nitrogens is 4. The first kappa shape index (κ1) is 12.1. The van der Waals surface area contributed by atoms with E-state index in [9.17, 15) is 8.42 Å². The Morgan fingerprint density at radius 2 is 2.00 bits per heavy atom. The molecule has 4 aromatic rings. The molecule has 21 heavy (non-hydrogen) atoms. The van der Waals surface area contributed by atoms with E-state index in [1.54, 1.807) is 30.6 Å². The zero-order chi connectivity index (χ0) is 14.4. The molecule has 0 aliphatic carbocycles. The van der Waals surface area contributed by atoms with Crippen LogP contribution in [-0.4, -0.2) is 28.6 Å². The smallest absolute Gasteiger partial charge is 0.168 e. The summed E-state index contributed by atoms with van der Waals surface area (Å²) in [6, 6.07) is 8.74. The maximum atomic E-state index is 11.1. The minimum atomic E-state index is -2.59. The summed E-state index contributed by atoms with van der Waals surface area (Å²) in [5, 5.41) is 8.82. The number of thiol groups is 1. The molecule has 0 saturated heterocycles. The molecule has 104 valence electrons. The van der Waals surface area contributed by atoms with Crippen molar-refractivity contribution in [2.45, 2.75) is 4.90 Å². The zero-order valence-electron chi connectivity index (χ0n) is 10.7. The summed E-state index contributed by atoms with van der Waals surface area (Å²) in [6.45, 7) is 0. The minimum Gasteiger partial charge on any atom is -0.339 e. The van der Waals surface area contributed by atoms with Gasteiger partial charge in [-0.05, 0) is 23.8 Å². The molecule has 3 aromatic heterocycles. The fraction of sp³-hybridized carbons (Fsp3) is 0. The van der Waals surface area contributed by atoms with E-state index in [0.717, 1.165) is 33.2 Å². The Kier molecular flexibility index (Phi) is 2.55. The molecule has 0 atom stereocenters. The lowest BCUT2D eigenvalue weighted by Crippen LogP contribution is -1.83. The van der Waals surface area contributed by atoms with Gasteiger partial charge in [0.2, 0.25) is 0 Å². The van der Waals surface area contributed by atoms with Gasteiger partial charge in [0.25, 0.3) is 0 Å². The predicted molar refractivity (Wildman–Crippen MR) is 79.8 cm³/mol. The summed E-state index contributed by atoms with van der Waals surface area (Å²) < 4.78 is 22.2. The van der Waals surface area contributed by atoms with Gasteiger partial charge in [-0.15, -0.1) is 0 Å². The molecule has 2 N–H and O–H groups in total. The summed E-state index contributed by atoms with van der Waals surface area (Å²) >= 11 is 0. The van der Waals surface area contributed by atoms with Crippen LogP contribution in [0.1, 0.15) is 0 Å². The second-order valence-electron chi connectivity index (χ2n) is 4.71. The molecular formula is C14H10N4O2S. The van der Waals surface area contributed by atoms with Crippen LogP contribution in [-0.2, 0) is 10.7 Å². The van der Waals surface area contributed by atoms with E-state index in [2.05, 4.69) is 20.2 Å². The number of pyridine rings is 1. The zero-order valence-corrected chi connectivity index (χ0v) is 11.6. The molecule has 0 unspecified atom stereocenters. The molecule has 0 aliphatic heterocycles. The molecule has 1 aromatic carbocycles. The average molecular weight is 298 g/mol. The van der Waals surface area contributed by atoms with Crippen LogP contribution in [0, 0.1) is 0 Å². The van der Waals surface area contributed by atoms with Crippen LogP contribution in [0.15, 0.2) is 47.6 Å². The number of nitrogens with one attached hydrogen (secondary N) is 2. The van der Waals surface area contributed by atoms with Crippen LogP contribution in [0.4, 0.5) is 0 Å². The van der Waals surface area contributed by atoms with Crippen LogP contribution in [0.2, 0.25) is 0 Å². The molecule has 4 rings (SSSR count). The first-order chi connectivity index (χ1) is 10.2. The lowest BCUT2D eigenvalue weighted by molar-refractivity contribution is 0.614. The number of H-pyrrole nitrogens is 2. The van der Waals surface area contributed by atoms with Crippen molar-refractivity contribution in [3.63, 3.8) is 0 Å². The van der Waals surface area contributed by atoms with Crippen LogP contribution >= 0.6 is 0 Å². The normalized spacial score (nSPS) is 11.7. The largest absolute Gasteiger partial charge is 0.339 e. The number of hydrogen-bond donors (Lipinski definition) is 3. The second kappa shape index (κ2) is 4.42. The van der Waals surface area contributed by atoms with E-state index in [4.69, 9.17) is 0 Å². The SMILES string of the molecule is O=[SH](=O)c1cccc(-c2cc3c(ncc4cn[nH]c43)[nH]2)c1. The monoisotopic (exact) mass is 298 g/mol. The Bertz CT molecular complexity index is 1040. The van der Waals surface area contributed by atoms with E-state index in [-0.39, 0.29) is 0 Å². The molecule has 0 radical (unpaired) electrons. The fourth-order valence-corrected chi connectivity index (χ4v) is 2.87. The maximum Gasteiger partial charge on any atom is 0.168 e. The van der Waals surface area contributed by atoms with Crippen molar-refractivity contribution in [1.82, 2.24) is 20.2 Å². The number of aromatic amines is 2. The predicted octanol–water partition coefficient (Wildman–Crippen LogP) is 2.08. The first-order valence-corrected chi connectivity index (χ1v) is 7.46. The van der Waals surface area contributed by atoms with Crippen molar-refractivity contribution in [3.8, 4) is 11.3 Å². The van der Waals surface area contributed by atoms with Gasteiger partial charge >= 0.3 is 0 Å². The maximum absolute atomic E-state index is 11.1. The highest BCUT2D eigenvalue weighted by molar-refractivity contribution is 7.72. The summed E-state index contributed by atoms with van der Waals surface area (Å²) in [6.07, 6.45) is 3.46. The molecular weight excluding hydrogens is 288 g/mol. The summed E-state index contributed by atoms with van der Waals surface area (Å²) in [7, 11) is -2.59. The van der Waals surface area contributed by atoms with E-state index in [0.29, 0.717) is 4.90 Å². The van der Waals surface area contributed by atoms with Gasteiger partial charge in [-0.3, -0.25) is 5.10 Å². The van der Waals surface area contributed by atoms with Crippen LogP contribution in [0.5, 0.6) is 0 Å². The Morgan fingerprint density at radius 3 is 2.86 bits per heavy atom. The molecule has 0 fully saturated rings. The minimum absolute atomic E-state index is 0.292. The quantitative estimate of drug-likeness (QED) is 0.494. The van der Waals surface area contributed by atoms with Crippen LogP contribution in [0.3, 0.4) is 0 Å². The van der Waals surface area contributed by atoms with Gasteiger partial charge in [0.1, 0.15) is 5.65 Å². The third-order valence-corrected chi connectivity index (χ3v) is 4.14. The van der Waals surface area contributed by atoms with Gasteiger partial charge in [0, 0.05) is 22.7 Å². The number of fused-ring (bicyclic) bond motifs is 3. The van der Waals surface area contributed by atoms with Crippen molar-refractivity contribution < 1.29 is 8.42 Å². The number of benzene rings is 1. The molecule has 0 bridgehead atoms. The van der Waals surface area contributed by atoms with Crippen molar-refractivity contribution >= 4 is 32.6 Å². The van der Waals surface area contributed by atoms with Gasteiger partial charge in [0.15, 0.2) is 10.7 Å². The van der Waals surface area contributed by atoms with Gasteiger partial charge < -0.3 is 4.98 Å². The summed E-state index contributed by atoms with van der Waals surface area (Å²) in [5.74, 6) is 0. The Labute approximate surface area is 120 Å². The van der Waals surface area contributed by atoms with Crippen LogP contribution < -0.4 is 0 Å². The second-order valence-corrected chi connectivity index (χ2v) is 5.74. The Balaban J connectivity index is 1.96. The van der Waals surface area contributed by atoms with Gasteiger partial charge in [-0.1, -0.05) is 12.1 Å². The van der Waals surface area contributed by atoms with E-state index in [1.165, 1.54) is 0 Å². The Morgan fingerprint density at radius 1 is 1.10 bits per heavy atom. The summed E-state index contributed by atoms with van der Waals surface area (Å²) in [4.78, 5) is 7.85. The van der Waals surface area contributed by atoms with Crippen molar-refractivity contribution in [3.05, 3.63) is 42.7 Å². The van der Waals surface area contributed by atoms with Crippen molar-refractivity contribution in [2.75, 3.05) is 0 Å². The van der Waals surface area contributed by atoms with Crippen molar-refractivity contribution in [2.24, 2.45) is 0 Å². The van der Waals surface area contributed by atoms with E-state index < -0.39 is 10.7 Å². The average Bonchev–Trinajstić information content (AvgIpc) is 3.12. The lowest BCUT2D eigenvalue weighted by atomic mass is 10.1. The topological polar surface area (TPSA) is 91.5 Å². The number of hydrogen-bond acceptors (Lipinski definition) is 4. The third-order valence-electron chi connectivity index (χ3n) is 3.44. The highest BCUT2D eigenvalue weighted by Gasteiger charge is 2.09. The molecule has 0 amide bonds. The molecule has 0 aliphatic rings. The number of rotatable bonds is 2. The fourth-order valence-electron chi connectivity index (χ4n) is 2.42. The standard InChI is InChI=1S/C14H10N4O2S/c19-21(20)10-3-1-2-8(4-10)12-5-11-13-9(7-16-18-13)6-15-14(11)17-12/h1-7,21H,(H,15,17)(H,16,18).